The maximum Gasteiger partial charge on any atom is 0.450 e. The van der Waals surface area contributed by atoms with Crippen molar-refractivity contribution in [3.05, 3.63) is 112 Å². The van der Waals surface area contributed by atoms with Crippen LogP contribution < -0.4 is 10.2 Å². The van der Waals surface area contributed by atoms with Crippen LogP contribution >= 0.6 is 0 Å². The Hall–Kier alpha value is -4.46. The van der Waals surface area contributed by atoms with Gasteiger partial charge >= 0.3 is 12.1 Å². The van der Waals surface area contributed by atoms with Crippen LogP contribution in [0.5, 0.6) is 5.75 Å². The molecule has 0 aliphatic heterocycles. The van der Waals surface area contributed by atoms with Crippen molar-refractivity contribution < 1.29 is 31.5 Å². The number of halogens is 4. The van der Waals surface area contributed by atoms with Gasteiger partial charge in [-0.25, -0.2) is 9.18 Å². The summed E-state index contributed by atoms with van der Waals surface area (Å²) in [5.41, 5.74) is -2.19. The third-order valence-corrected chi connectivity index (χ3v) is 5.48. The predicted molar refractivity (Wildman–Crippen MR) is 122 cm³/mol. The van der Waals surface area contributed by atoms with Crippen LogP contribution in [0.4, 0.5) is 17.6 Å². The van der Waals surface area contributed by atoms with E-state index < -0.39 is 40.3 Å². The van der Waals surface area contributed by atoms with Crippen molar-refractivity contribution in [1.82, 2.24) is 0 Å². The highest BCUT2D eigenvalue weighted by Crippen LogP contribution is 2.39. The largest absolute Gasteiger partial charge is 0.450 e. The molecule has 0 spiro atoms. The Morgan fingerprint density at radius 2 is 1.54 bits per heavy atom. The summed E-state index contributed by atoms with van der Waals surface area (Å²) >= 11 is 0. The molecular weight excluding hydrogens is 464 g/mol. The van der Waals surface area contributed by atoms with Crippen LogP contribution in [0.1, 0.15) is 16.1 Å². The molecule has 5 rings (SSSR count). The Kier molecular flexibility index (Phi) is 5.36. The summed E-state index contributed by atoms with van der Waals surface area (Å²) in [5, 5.41) is 0.988. The quantitative estimate of drug-likeness (QED) is 0.159. The standard InChI is InChI=1S/C27H14F4O4/c28-21-11-4-3-9-19(21)26(33)34-16-12-13-20-22(14-16)35-25(27(29,30)31)23(24(20)32)18-10-5-7-15-6-1-2-8-17(15)18/h1-14H. The Balaban J connectivity index is 1.68. The van der Waals surface area contributed by atoms with Crippen LogP contribution in [-0.4, -0.2) is 5.97 Å². The zero-order valence-corrected chi connectivity index (χ0v) is 17.7. The zero-order valence-electron chi connectivity index (χ0n) is 17.7. The minimum absolute atomic E-state index is 0.0844. The molecule has 0 saturated carbocycles. The molecule has 1 heterocycles. The average molecular weight is 478 g/mol. The van der Waals surface area contributed by atoms with Crippen molar-refractivity contribution >= 4 is 27.7 Å². The molecule has 0 aliphatic carbocycles. The van der Waals surface area contributed by atoms with Gasteiger partial charge in [0, 0.05) is 6.07 Å². The Bertz CT molecular complexity index is 1660. The van der Waals surface area contributed by atoms with Crippen molar-refractivity contribution in [2.24, 2.45) is 0 Å². The summed E-state index contributed by atoms with van der Waals surface area (Å²) < 4.78 is 66.3. The van der Waals surface area contributed by atoms with Crippen LogP contribution in [0.3, 0.4) is 0 Å². The van der Waals surface area contributed by atoms with E-state index in [-0.39, 0.29) is 22.3 Å². The summed E-state index contributed by atoms with van der Waals surface area (Å²) in [4.78, 5) is 25.6. The second-order valence-electron chi connectivity index (χ2n) is 7.69. The number of hydrogen-bond donors (Lipinski definition) is 0. The molecule has 1 aromatic heterocycles. The first kappa shape index (κ1) is 22.3. The van der Waals surface area contributed by atoms with Gasteiger partial charge in [0.2, 0.25) is 11.2 Å². The van der Waals surface area contributed by atoms with E-state index in [9.17, 15) is 27.2 Å². The molecule has 0 unspecified atom stereocenters. The smallest absolute Gasteiger partial charge is 0.450 e. The van der Waals surface area contributed by atoms with Crippen molar-refractivity contribution in [3.63, 3.8) is 0 Å². The van der Waals surface area contributed by atoms with Gasteiger partial charge in [0.05, 0.1) is 16.5 Å². The van der Waals surface area contributed by atoms with Crippen molar-refractivity contribution in [1.29, 1.82) is 0 Å². The lowest BCUT2D eigenvalue weighted by molar-refractivity contribution is -0.152. The Morgan fingerprint density at radius 3 is 2.31 bits per heavy atom. The van der Waals surface area contributed by atoms with E-state index in [1.54, 1.807) is 36.4 Å². The van der Waals surface area contributed by atoms with Crippen LogP contribution in [0, 0.1) is 5.82 Å². The summed E-state index contributed by atoms with van der Waals surface area (Å²) in [5.74, 6) is -3.54. The molecule has 35 heavy (non-hydrogen) atoms. The lowest BCUT2D eigenvalue weighted by Gasteiger charge is -2.14. The van der Waals surface area contributed by atoms with E-state index in [2.05, 4.69) is 0 Å². The van der Waals surface area contributed by atoms with E-state index in [0.717, 1.165) is 12.1 Å². The molecule has 0 aliphatic rings. The fourth-order valence-corrected chi connectivity index (χ4v) is 3.91. The van der Waals surface area contributed by atoms with Gasteiger partial charge in [-0.05, 0) is 40.6 Å². The minimum atomic E-state index is -4.99. The fraction of sp³-hybridized carbons (Fsp3) is 0.0370. The average Bonchev–Trinajstić information content (AvgIpc) is 2.83. The van der Waals surface area contributed by atoms with E-state index in [0.29, 0.717) is 10.8 Å². The first-order valence-corrected chi connectivity index (χ1v) is 10.4. The SMILES string of the molecule is O=C(Oc1ccc2c(=O)c(-c3cccc4ccccc34)c(C(F)(F)F)oc2c1)c1ccccc1F. The highest BCUT2D eigenvalue weighted by atomic mass is 19.4. The molecule has 0 saturated heterocycles. The minimum Gasteiger partial charge on any atom is -0.450 e. The number of carbonyl (C=O) groups is 1. The molecule has 0 bridgehead atoms. The van der Waals surface area contributed by atoms with E-state index in [4.69, 9.17) is 9.15 Å². The van der Waals surface area contributed by atoms with Crippen LogP contribution in [0.15, 0.2) is 94.1 Å². The number of rotatable bonds is 3. The number of hydrogen-bond acceptors (Lipinski definition) is 4. The number of ether oxygens (including phenoxy) is 1. The lowest BCUT2D eigenvalue weighted by atomic mass is 9.96. The summed E-state index contributed by atoms with van der Waals surface area (Å²) in [6, 6.07) is 20.0. The van der Waals surface area contributed by atoms with Gasteiger partial charge in [0.25, 0.3) is 0 Å². The van der Waals surface area contributed by atoms with E-state index in [1.165, 1.54) is 36.4 Å². The fourth-order valence-electron chi connectivity index (χ4n) is 3.91. The van der Waals surface area contributed by atoms with Crippen molar-refractivity contribution in [3.8, 4) is 16.9 Å². The van der Waals surface area contributed by atoms with Gasteiger partial charge < -0.3 is 9.15 Å². The second kappa shape index (κ2) is 8.39. The molecule has 4 aromatic carbocycles. The van der Waals surface area contributed by atoms with Crippen molar-refractivity contribution in [2.75, 3.05) is 0 Å². The maximum absolute atomic E-state index is 14.1. The highest BCUT2D eigenvalue weighted by Gasteiger charge is 2.39. The second-order valence-corrected chi connectivity index (χ2v) is 7.69. The molecule has 0 fully saturated rings. The van der Waals surface area contributed by atoms with Gasteiger partial charge in [-0.3, -0.25) is 4.79 Å². The van der Waals surface area contributed by atoms with Gasteiger partial charge in [-0.2, -0.15) is 13.2 Å². The van der Waals surface area contributed by atoms with Crippen LogP contribution in [-0.2, 0) is 6.18 Å². The normalized spacial score (nSPS) is 11.7. The predicted octanol–water partition coefficient (Wildman–Crippen LogP) is 6.99. The lowest BCUT2D eigenvalue weighted by Crippen LogP contribution is -2.16. The van der Waals surface area contributed by atoms with Crippen LogP contribution in [0.25, 0.3) is 32.9 Å². The molecule has 0 radical (unpaired) electrons. The van der Waals surface area contributed by atoms with Crippen LogP contribution in [0.2, 0.25) is 0 Å². The summed E-state index contributed by atoms with van der Waals surface area (Å²) in [7, 11) is 0. The number of benzene rings is 4. The molecule has 8 heteroatoms. The summed E-state index contributed by atoms with van der Waals surface area (Å²) in [6.45, 7) is 0. The molecule has 0 N–H and O–H groups in total. The molecule has 0 atom stereocenters. The zero-order chi connectivity index (χ0) is 24.7. The highest BCUT2D eigenvalue weighted by molar-refractivity contribution is 5.99. The molecule has 4 nitrogen and oxygen atoms in total. The number of carbonyl (C=O) groups excluding carboxylic acids is 1. The topological polar surface area (TPSA) is 56.5 Å². The third kappa shape index (κ3) is 4.03. The van der Waals surface area contributed by atoms with E-state index >= 15 is 0 Å². The molecule has 0 amide bonds. The first-order valence-electron chi connectivity index (χ1n) is 10.4. The van der Waals surface area contributed by atoms with Gasteiger partial charge in [0.15, 0.2) is 0 Å². The number of fused-ring (bicyclic) bond motifs is 2. The number of esters is 1. The van der Waals surface area contributed by atoms with Gasteiger partial charge in [0.1, 0.15) is 17.1 Å². The molecule has 174 valence electrons. The molecule has 5 aromatic rings. The molecular formula is C27H14F4O4. The number of alkyl halides is 3. The monoisotopic (exact) mass is 478 g/mol. The van der Waals surface area contributed by atoms with Gasteiger partial charge in [-0.15, -0.1) is 0 Å². The maximum atomic E-state index is 14.1. The van der Waals surface area contributed by atoms with Gasteiger partial charge in [-0.1, -0.05) is 54.6 Å². The third-order valence-electron chi connectivity index (χ3n) is 5.48. The van der Waals surface area contributed by atoms with Crippen molar-refractivity contribution in [2.45, 2.75) is 6.18 Å². The Morgan fingerprint density at radius 1 is 0.829 bits per heavy atom. The Labute approximate surface area is 195 Å². The summed E-state index contributed by atoms with van der Waals surface area (Å²) in [6.07, 6.45) is -4.99. The van der Waals surface area contributed by atoms with E-state index in [1.807, 2.05) is 0 Å². The first-order chi connectivity index (χ1) is 16.7.